The molecule has 1 N–H and O–H groups in total. The van der Waals surface area contributed by atoms with Gasteiger partial charge >= 0.3 is 5.97 Å². The lowest BCUT2D eigenvalue weighted by Gasteiger charge is -1.99. The molecule has 0 radical (unpaired) electrons. The molecule has 0 aliphatic carbocycles. The maximum atomic E-state index is 11.2. The number of carbonyl (C=O) groups is 1. The first kappa shape index (κ1) is 9.45. The molecule has 0 amide bonds. The first-order valence-corrected chi connectivity index (χ1v) is 4.55. The van der Waals surface area contributed by atoms with Crippen LogP contribution in [0.25, 0.3) is 0 Å². The van der Waals surface area contributed by atoms with Gasteiger partial charge in [-0.05, 0) is 19.1 Å². The van der Waals surface area contributed by atoms with Gasteiger partial charge in [-0.1, -0.05) is 23.4 Å². The van der Waals surface area contributed by atoms with Crippen LogP contribution in [0.15, 0.2) is 47.3 Å². The lowest BCUT2D eigenvalue weighted by Crippen LogP contribution is -2.04. The van der Waals surface area contributed by atoms with Crippen molar-refractivity contribution in [2.24, 2.45) is 5.16 Å². The molecule has 1 aromatic rings. The third kappa shape index (κ3) is 2.04. The zero-order chi connectivity index (χ0) is 10.7. The van der Waals surface area contributed by atoms with E-state index in [1.165, 1.54) is 0 Å². The standard InChI is InChI=1S/C11H10N2O2/c1-8-10(11(14)15-13-8)7-12-9-5-3-2-4-6-9/h2-7,12H,1H3/b10-7-. The van der Waals surface area contributed by atoms with E-state index in [0.717, 1.165) is 5.69 Å². The predicted molar refractivity (Wildman–Crippen MR) is 57.3 cm³/mol. The number of nitrogens with zero attached hydrogens (tertiary/aromatic N) is 1. The summed E-state index contributed by atoms with van der Waals surface area (Å²) in [6, 6.07) is 9.56. The number of benzene rings is 1. The van der Waals surface area contributed by atoms with Gasteiger partial charge in [0.1, 0.15) is 5.57 Å². The molecule has 0 unspecified atom stereocenters. The minimum Gasteiger partial charge on any atom is -0.361 e. The second-order valence-electron chi connectivity index (χ2n) is 3.12. The van der Waals surface area contributed by atoms with Crippen LogP contribution in [0.5, 0.6) is 0 Å². The number of hydrogen-bond donors (Lipinski definition) is 1. The van der Waals surface area contributed by atoms with Crippen molar-refractivity contribution in [1.82, 2.24) is 0 Å². The predicted octanol–water partition coefficient (Wildman–Crippen LogP) is 1.92. The highest BCUT2D eigenvalue weighted by molar-refractivity contribution is 6.21. The fraction of sp³-hybridized carbons (Fsp3) is 0.0909. The van der Waals surface area contributed by atoms with Crippen LogP contribution in [0.2, 0.25) is 0 Å². The number of oxime groups is 1. The minimum atomic E-state index is -0.420. The molecule has 1 heterocycles. The molecule has 0 atom stereocenters. The second-order valence-corrected chi connectivity index (χ2v) is 3.12. The van der Waals surface area contributed by atoms with Gasteiger partial charge in [-0.2, -0.15) is 0 Å². The largest absolute Gasteiger partial charge is 0.369 e. The van der Waals surface area contributed by atoms with Crippen LogP contribution in [0.1, 0.15) is 6.92 Å². The van der Waals surface area contributed by atoms with E-state index < -0.39 is 5.97 Å². The summed E-state index contributed by atoms with van der Waals surface area (Å²) in [6.45, 7) is 1.73. The molecule has 1 aliphatic heterocycles. The summed E-state index contributed by atoms with van der Waals surface area (Å²) in [4.78, 5) is 15.7. The van der Waals surface area contributed by atoms with Gasteiger partial charge in [0.25, 0.3) is 0 Å². The van der Waals surface area contributed by atoms with Crippen LogP contribution in [-0.4, -0.2) is 11.7 Å². The lowest BCUT2D eigenvalue weighted by molar-refractivity contribution is -0.136. The van der Waals surface area contributed by atoms with Crippen LogP contribution in [0.4, 0.5) is 5.69 Å². The molecular formula is C11H10N2O2. The molecule has 1 aliphatic rings. The highest BCUT2D eigenvalue weighted by Gasteiger charge is 2.21. The van der Waals surface area contributed by atoms with Crippen molar-refractivity contribution < 1.29 is 9.63 Å². The summed E-state index contributed by atoms with van der Waals surface area (Å²) in [5, 5.41) is 6.57. The summed E-state index contributed by atoms with van der Waals surface area (Å²) in [5.41, 5.74) is 1.96. The molecule has 2 rings (SSSR count). The fourth-order valence-corrected chi connectivity index (χ4v) is 1.21. The first-order valence-electron chi connectivity index (χ1n) is 4.55. The third-order valence-corrected chi connectivity index (χ3v) is 2.03. The van der Waals surface area contributed by atoms with Gasteiger partial charge in [-0.3, -0.25) is 0 Å². The normalized spacial score (nSPS) is 17.5. The van der Waals surface area contributed by atoms with Crippen LogP contribution >= 0.6 is 0 Å². The zero-order valence-electron chi connectivity index (χ0n) is 8.23. The van der Waals surface area contributed by atoms with Crippen LogP contribution in [0.3, 0.4) is 0 Å². The average molecular weight is 202 g/mol. The molecule has 15 heavy (non-hydrogen) atoms. The number of para-hydroxylation sites is 1. The van der Waals surface area contributed by atoms with Crippen molar-refractivity contribution in [2.75, 3.05) is 5.32 Å². The molecule has 0 bridgehead atoms. The summed E-state index contributed by atoms with van der Waals surface area (Å²) in [5.74, 6) is -0.420. The molecule has 0 spiro atoms. The van der Waals surface area contributed by atoms with Crippen LogP contribution in [0, 0.1) is 0 Å². The molecule has 0 aromatic heterocycles. The van der Waals surface area contributed by atoms with E-state index in [1.807, 2.05) is 30.3 Å². The Morgan fingerprint density at radius 3 is 2.67 bits per heavy atom. The number of carbonyl (C=O) groups excluding carboxylic acids is 1. The van der Waals surface area contributed by atoms with Crippen molar-refractivity contribution in [3.05, 3.63) is 42.1 Å². The molecule has 4 heteroatoms. The van der Waals surface area contributed by atoms with Crippen molar-refractivity contribution in [2.45, 2.75) is 6.92 Å². The smallest absolute Gasteiger partial charge is 0.361 e. The summed E-state index contributed by atoms with van der Waals surface area (Å²) < 4.78 is 0. The van der Waals surface area contributed by atoms with E-state index in [9.17, 15) is 4.79 Å². The van der Waals surface area contributed by atoms with E-state index in [1.54, 1.807) is 13.1 Å². The highest BCUT2D eigenvalue weighted by Crippen LogP contribution is 2.12. The van der Waals surface area contributed by atoms with Gasteiger partial charge in [0, 0.05) is 11.9 Å². The van der Waals surface area contributed by atoms with E-state index >= 15 is 0 Å². The van der Waals surface area contributed by atoms with Crippen molar-refractivity contribution in [1.29, 1.82) is 0 Å². The Kier molecular flexibility index (Phi) is 2.49. The molecule has 4 nitrogen and oxygen atoms in total. The SMILES string of the molecule is CC1=NOC(=O)/C1=C\Nc1ccccc1. The van der Waals surface area contributed by atoms with Crippen molar-refractivity contribution >= 4 is 17.4 Å². The Hall–Kier alpha value is -2.10. The zero-order valence-corrected chi connectivity index (χ0v) is 8.23. The third-order valence-electron chi connectivity index (χ3n) is 2.03. The Morgan fingerprint density at radius 1 is 1.33 bits per heavy atom. The van der Waals surface area contributed by atoms with E-state index in [0.29, 0.717) is 11.3 Å². The number of anilines is 1. The van der Waals surface area contributed by atoms with Gasteiger partial charge in [-0.15, -0.1) is 0 Å². The fourth-order valence-electron chi connectivity index (χ4n) is 1.21. The van der Waals surface area contributed by atoms with Crippen LogP contribution < -0.4 is 5.32 Å². The average Bonchev–Trinajstić information content (AvgIpc) is 2.58. The molecule has 1 aromatic carbocycles. The van der Waals surface area contributed by atoms with Crippen LogP contribution in [-0.2, 0) is 9.63 Å². The Labute approximate surface area is 87.2 Å². The summed E-state index contributed by atoms with van der Waals surface area (Å²) in [6.07, 6.45) is 1.60. The molecule has 0 saturated carbocycles. The van der Waals surface area contributed by atoms with E-state index in [4.69, 9.17) is 0 Å². The Bertz CT molecular complexity index is 435. The number of rotatable bonds is 2. The first-order chi connectivity index (χ1) is 7.27. The molecule has 0 saturated heterocycles. The van der Waals surface area contributed by atoms with Gasteiger partial charge in [-0.25, -0.2) is 4.79 Å². The second kappa shape index (κ2) is 3.96. The maximum Gasteiger partial charge on any atom is 0.369 e. The lowest BCUT2D eigenvalue weighted by atomic mass is 10.2. The van der Waals surface area contributed by atoms with Crippen molar-refractivity contribution in [3.63, 3.8) is 0 Å². The van der Waals surface area contributed by atoms with E-state index in [2.05, 4.69) is 15.3 Å². The summed E-state index contributed by atoms with van der Waals surface area (Å²) >= 11 is 0. The summed E-state index contributed by atoms with van der Waals surface area (Å²) in [7, 11) is 0. The Morgan fingerprint density at radius 2 is 2.07 bits per heavy atom. The Balaban J connectivity index is 2.12. The molecular weight excluding hydrogens is 192 g/mol. The monoisotopic (exact) mass is 202 g/mol. The van der Waals surface area contributed by atoms with Gasteiger partial charge in [0.05, 0.1) is 5.71 Å². The van der Waals surface area contributed by atoms with Gasteiger partial charge < -0.3 is 10.2 Å². The van der Waals surface area contributed by atoms with E-state index in [-0.39, 0.29) is 0 Å². The molecule has 76 valence electrons. The van der Waals surface area contributed by atoms with Gasteiger partial charge in [0.15, 0.2) is 0 Å². The quantitative estimate of drug-likeness (QED) is 0.588. The highest BCUT2D eigenvalue weighted by atomic mass is 16.7. The maximum absolute atomic E-state index is 11.2. The topological polar surface area (TPSA) is 50.7 Å². The van der Waals surface area contributed by atoms with Crippen molar-refractivity contribution in [3.8, 4) is 0 Å². The minimum absolute atomic E-state index is 0.420. The number of hydrogen-bond acceptors (Lipinski definition) is 4. The number of nitrogens with one attached hydrogen (secondary N) is 1. The van der Waals surface area contributed by atoms with Gasteiger partial charge in [0.2, 0.25) is 0 Å². The molecule has 0 fully saturated rings.